The van der Waals surface area contributed by atoms with Crippen molar-refractivity contribution in [1.29, 1.82) is 0 Å². The van der Waals surface area contributed by atoms with Crippen molar-refractivity contribution in [2.75, 3.05) is 18.0 Å². The van der Waals surface area contributed by atoms with E-state index in [2.05, 4.69) is 0 Å². The Morgan fingerprint density at radius 1 is 0.857 bits per heavy atom. The highest BCUT2D eigenvalue weighted by Gasteiger charge is 2.43. The number of imide groups is 1. The second-order valence-corrected chi connectivity index (χ2v) is 8.02. The predicted octanol–water partition coefficient (Wildman–Crippen LogP) is 5.07. The van der Waals surface area contributed by atoms with E-state index in [4.69, 9.17) is 23.2 Å². The average Bonchev–Trinajstić information content (AvgIpc) is 2.95. The quantitative estimate of drug-likeness (QED) is 0.657. The van der Waals surface area contributed by atoms with Crippen LogP contribution in [0.4, 0.5) is 5.69 Å². The van der Waals surface area contributed by atoms with E-state index in [0.29, 0.717) is 27.0 Å². The van der Waals surface area contributed by atoms with Gasteiger partial charge >= 0.3 is 0 Å². The third-order valence-corrected chi connectivity index (χ3v) is 5.78. The van der Waals surface area contributed by atoms with E-state index in [0.717, 1.165) is 48.4 Å². The molecule has 144 valence electrons. The van der Waals surface area contributed by atoms with Gasteiger partial charge in [0.25, 0.3) is 11.8 Å². The molecule has 4 nitrogen and oxygen atoms in total. The van der Waals surface area contributed by atoms with Crippen molar-refractivity contribution in [3.05, 3.63) is 69.3 Å². The van der Waals surface area contributed by atoms with Crippen LogP contribution in [0.2, 0.25) is 10.0 Å². The molecule has 0 aromatic heterocycles. The molecule has 2 aliphatic heterocycles. The highest BCUT2D eigenvalue weighted by Crippen LogP contribution is 2.39. The van der Waals surface area contributed by atoms with Crippen LogP contribution in [0, 0.1) is 6.92 Å². The fourth-order valence-corrected chi connectivity index (χ4v) is 4.15. The predicted molar refractivity (Wildman–Crippen MR) is 112 cm³/mol. The van der Waals surface area contributed by atoms with Gasteiger partial charge in [-0.05, 0) is 49.9 Å². The van der Waals surface area contributed by atoms with Gasteiger partial charge in [-0.2, -0.15) is 0 Å². The van der Waals surface area contributed by atoms with Crippen molar-refractivity contribution < 1.29 is 9.59 Å². The SMILES string of the molecule is Cc1ccc(C2=C(N3CCCCC3)C(=O)N(c3cc(Cl)ccc3Cl)C2=O)cc1. The molecule has 4 rings (SSSR count). The van der Waals surface area contributed by atoms with Gasteiger partial charge in [0.05, 0.1) is 16.3 Å². The first-order valence-electron chi connectivity index (χ1n) is 9.37. The zero-order valence-electron chi connectivity index (χ0n) is 15.5. The first-order valence-corrected chi connectivity index (χ1v) is 10.1. The molecular weight excluding hydrogens is 395 g/mol. The van der Waals surface area contributed by atoms with Crippen molar-refractivity contribution >= 4 is 46.3 Å². The van der Waals surface area contributed by atoms with Gasteiger partial charge in [-0.25, -0.2) is 4.90 Å². The number of carbonyl (C=O) groups is 2. The number of nitrogens with zero attached hydrogens (tertiary/aromatic N) is 2. The van der Waals surface area contributed by atoms with Crippen LogP contribution in [0.1, 0.15) is 30.4 Å². The van der Waals surface area contributed by atoms with E-state index in [1.54, 1.807) is 18.2 Å². The number of anilines is 1. The highest BCUT2D eigenvalue weighted by atomic mass is 35.5. The molecule has 0 N–H and O–H groups in total. The minimum atomic E-state index is -0.362. The Hall–Kier alpha value is -2.30. The van der Waals surface area contributed by atoms with Crippen LogP contribution in [0.3, 0.4) is 0 Å². The maximum atomic E-state index is 13.4. The lowest BCUT2D eigenvalue weighted by atomic mass is 10.0. The monoisotopic (exact) mass is 414 g/mol. The van der Waals surface area contributed by atoms with Crippen molar-refractivity contribution in [2.24, 2.45) is 0 Å². The summed E-state index contributed by atoms with van der Waals surface area (Å²) >= 11 is 12.4. The summed E-state index contributed by atoms with van der Waals surface area (Å²) in [5, 5.41) is 0.734. The zero-order valence-corrected chi connectivity index (χ0v) is 17.1. The molecule has 2 heterocycles. The molecule has 28 heavy (non-hydrogen) atoms. The summed E-state index contributed by atoms with van der Waals surface area (Å²) in [4.78, 5) is 30.1. The molecule has 1 saturated heterocycles. The zero-order chi connectivity index (χ0) is 19.8. The Morgan fingerprint density at radius 3 is 2.21 bits per heavy atom. The lowest BCUT2D eigenvalue weighted by molar-refractivity contribution is -0.120. The number of likely N-dealkylation sites (tertiary alicyclic amines) is 1. The Balaban J connectivity index is 1.85. The third kappa shape index (κ3) is 3.31. The minimum Gasteiger partial charge on any atom is -0.366 e. The number of piperidine rings is 1. The van der Waals surface area contributed by atoms with Crippen molar-refractivity contribution in [2.45, 2.75) is 26.2 Å². The molecule has 0 bridgehead atoms. The summed E-state index contributed by atoms with van der Waals surface area (Å²) < 4.78 is 0. The molecule has 0 unspecified atom stereocenters. The molecule has 1 fully saturated rings. The van der Waals surface area contributed by atoms with Crippen LogP contribution >= 0.6 is 23.2 Å². The van der Waals surface area contributed by atoms with Gasteiger partial charge in [0.1, 0.15) is 5.70 Å². The number of hydrogen-bond donors (Lipinski definition) is 0. The molecule has 2 amide bonds. The van der Waals surface area contributed by atoms with Crippen molar-refractivity contribution in [1.82, 2.24) is 4.90 Å². The van der Waals surface area contributed by atoms with Gasteiger partial charge in [-0.15, -0.1) is 0 Å². The number of halogens is 2. The summed E-state index contributed by atoms with van der Waals surface area (Å²) in [5.41, 5.74) is 3.05. The van der Waals surface area contributed by atoms with Crippen LogP contribution in [0.25, 0.3) is 5.57 Å². The van der Waals surface area contributed by atoms with Gasteiger partial charge < -0.3 is 4.90 Å². The Kier molecular flexibility index (Phi) is 5.17. The molecule has 6 heteroatoms. The van der Waals surface area contributed by atoms with E-state index in [-0.39, 0.29) is 11.8 Å². The van der Waals surface area contributed by atoms with E-state index in [1.165, 1.54) is 0 Å². The van der Waals surface area contributed by atoms with Gasteiger partial charge in [0.2, 0.25) is 0 Å². The van der Waals surface area contributed by atoms with Gasteiger partial charge in [-0.3, -0.25) is 9.59 Å². The standard InChI is InChI=1S/C22H20Cl2N2O2/c1-14-5-7-15(8-6-14)19-20(25-11-3-2-4-12-25)22(28)26(21(19)27)18-13-16(23)9-10-17(18)24/h5-10,13H,2-4,11-12H2,1H3. The molecular formula is C22H20Cl2N2O2. The van der Waals surface area contributed by atoms with Crippen molar-refractivity contribution in [3.63, 3.8) is 0 Å². The first-order chi connectivity index (χ1) is 13.5. The molecule has 2 aliphatic rings. The Bertz CT molecular complexity index is 977. The number of hydrogen-bond acceptors (Lipinski definition) is 3. The van der Waals surface area contributed by atoms with Crippen LogP contribution in [-0.4, -0.2) is 29.8 Å². The van der Waals surface area contributed by atoms with E-state index >= 15 is 0 Å². The maximum absolute atomic E-state index is 13.4. The molecule has 2 aromatic carbocycles. The molecule has 0 atom stereocenters. The smallest absolute Gasteiger partial charge is 0.282 e. The third-order valence-electron chi connectivity index (χ3n) is 5.22. The maximum Gasteiger partial charge on any atom is 0.282 e. The summed E-state index contributed by atoms with van der Waals surface area (Å²) in [7, 11) is 0. The van der Waals surface area contributed by atoms with E-state index in [9.17, 15) is 9.59 Å². The largest absolute Gasteiger partial charge is 0.366 e. The second kappa shape index (κ2) is 7.61. The Labute approximate surface area is 174 Å². The van der Waals surface area contributed by atoms with Crippen LogP contribution in [-0.2, 0) is 9.59 Å². The fraction of sp³-hybridized carbons (Fsp3) is 0.273. The second-order valence-electron chi connectivity index (χ2n) is 7.18. The summed E-state index contributed by atoms with van der Waals surface area (Å²) in [6.45, 7) is 3.52. The number of rotatable bonds is 3. The van der Waals surface area contributed by atoms with Gasteiger partial charge in [0.15, 0.2) is 0 Å². The lowest BCUT2D eigenvalue weighted by Crippen LogP contribution is -2.37. The first kappa shape index (κ1) is 19.0. The molecule has 0 spiro atoms. The fourth-order valence-electron chi connectivity index (χ4n) is 3.79. The molecule has 2 aromatic rings. The highest BCUT2D eigenvalue weighted by molar-refractivity contribution is 6.47. The summed E-state index contributed by atoms with van der Waals surface area (Å²) in [6.07, 6.45) is 3.14. The lowest BCUT2D eigenvalue weighted by Gasteiger charge is -2.29. The number of benzene rings is 2. The van der Waals surface area contributed by atoms with E-state index < -0.39 is 0 Å². The van der Waals surface area contributed by atoms with Crippen LogP contribution in [0.5, 0.6) is 0 Å². The average molecular weight is 415 g/mol. The molecule has 0 saturated carbocycles. The van der Waals surface area contributed by atoms with Crippen LogP contribution in [0.15, 0.2) is 48.2 Å². The summed E-state index contributed by atoms with van der Waals surface area (Å²) in [6, 6.07) is 12.5. The number of amides is 2. The number of aryl methyl sites for hydroxylation is 1. The molecule has 0 aliphatic carbocycles. The van der Waals surface area contributed by atoms with Gasteiger partial charge in [0, 0.05) is 18.1 Å². The Morgan fingerprint density at radius 2 is 1.54 bits per heavy atom. The topological polar surface area (TPSA) is 40.6 Å². The summed E-state index contributed by atoms with van der Waals surface area (Å²) in [5.74, 6) is -0.703. The van der Waals surface area contributed by atoms with Crippen molar-refractivity contribution in [3.8, 4) is 0 Å². The number of carbonyl (C=O) groups excluding carboxylic acids is 2. The minimum absolute atomic E-state index is 0.314. The normalized spacial score (nSPS) is 17.7. The van der Waals surface area contributed by atoms with Crippen LogP contribution < -0.4 is 4.90 Å². The van der Waals surface area contributed by atoms with E-state index in [1.807, 2.05) is 36.1 Å². The molecule has 0 radical (unpaired) electrons. The van der Waals surface area contributed by atoms with Gasteiger partial charge in [-0.1, -0.05) is 53.0 Å².